The van der Waals surface area contributed by atoms with Gasteiger partial charge in [0, 0.05) is 5.56 Å². The third kappa shape index (κ3) is 4.07. The van der Waals surface area contributed by atoms with E-state index >= 15 is 0 Å². The van der Waals surface area contributed by atoms with E-state index in [0.29, 0.717) is 42.2 Å². The van der Waals surface area contributed by atoms with E-state index in [4.69, 9.17) is 23.5 Å². The molecule has 8 nitrogen and oxygen atoms in total. The summed E-state index contributed by atoms with van der Waals surface area (Å²) in [6.45, 7) is 4.94. The largest absolute Gasteiger partial charge is 0.493 e. The predicted octanol–water partition coefficient (Wildman–Crippen LogP) is 4.00. The summed E-state index contributed by atoms with van der Waals surface area (Å²) < 4.78 is 26.9. The molecule has 0 fully saturated rings. The van der Waals surface area contributed by atoms with Gasteiger partial charge in [-0.1, -0.05) is 43.3 Å². The second kappa shape index (κ2) is 8.44. The number of benzene rings is 2. The molecular formula is C22H22N2O6. The fraction of sp³-hybridized carbons (Fsp3) is 0.318. The maximum Gasteiger partial charge on any atom is 0.338 e. The number of nitrogens with zero attached hydrogens (tertiary/aromatic N) is 2. The van der Waals surface area contributed by atoms with Gasteiger partial charge in [-0.05, 0) is 23.6 Å². The second-order valence-corrected chi connectivity index (χ2v) is 7.07. The van der Waals surface area contributed by atoms with Crippen LogP contribution in [0.3, 0.4) is 0 Å². The van der Waals surface area contributed by atoms with E-state index in [-0.39, 0.29) is 18.1 Å². The highest BCUT2D eigenvalue weighted by Gasteiger charge is 2.22. The molecule has 8 heteroatoms. The molecule has 2 heterocycles. The minimum atomic E-state index is -0.564. The zero-order valence-electron chi connectivity index (χ0n) is 17.0. The number of ether oxygens (including phenoxy) is 4. The Balaban J connectivity index is 1.43. The van der Waals surface area contributed by atoms with Crippen LogP contribution < -0.4 is 14.2 Å². The quantitative estimate of drug-likeness (QED) is 0.563. The molecule has 1 aromatic heterocycles. The van der Waals surface area contributed by atoms with Crippen LogP contribution in [0.5, 0.6) is 17.2 Å². The number of rotatable bonds is 6. The molecule has 0 saturated carbocycles. The van der Waals surface area contributed by atoms with Crippen molar-refractivity contribution in [2.45, 2.75) is 26.4 Å². The molecule has 1 aliphatic heterocycles. The molecule has 4 rings (SSSR count). The van der Waals surface area contributed by atoms with Crippen molar-refractivity contribution in [1.82, 2.24) is 10.1 Å². The van der Waals surface area contributed by atoms with Gasteiger partial charge < -0.3 is 23.5 Å². The number of esters is 1. The molecule has 0 atom stereocenters. The lowest BCUT2D eigenvalue weighted by molar-refractivity contribution is 0.0428. The topological polar surface area (TPSA) is 92.9 Å². The van der Waals surface area contributed by atoms with Crippen molar-refractivity contribution in [1.29, 1.82) is 0 Å². The van der Waals surface area contributed by atoms with Gasteiger partial charge in [-0.15, -0.1) is 0 Å². The van der Waals surface area contributed by atoms with Gasteiger partial charge in [-0.3, -0.25) is 0 Å². The summed E-state index contributed by atoms with van der Waals surface area (Å²) in [4.78, 5) is 16.8. The highest BCUT2D eigenvalue weighted by molar-refractivity contribution is 5.91. The van der Waals surface area contributed by atoms with Crippen LogP contribution in [0.1, 0.15) is 41.6 Å². The molecule has 0 aliphatic carbocycles. The molecule has 0 spiro atoms. The average Bonchev–Trinajstić information content (AvgIpc) is 3.25. The summed E-state index contributed by atoms with van der Waals surface area (Å²) in [5, 5.41) is 3.96. The highest BCUT2D eigenvalue weighted by Crippen LogP contribution is 2.40. The first-order valence-electron chi connectivity index (χ1n) is 9.63. The first-order chi connectivity index (χ1) is 14.5. The van der Waals surface area contributed by atoms with Crippen molar-refractivity contribution in [3.8, 4) is 28.6 Å². The molecule has 0 N–H and O–H groups in total. The standard InChI is InChI=1S/C22H22N2O6/c1-13(2)14-4-6-15(7-5-14)21-23-19(30-24-21)12-29-22(25)16-10-17(26-3)20-18(11-16)27-8-9-28-20/h4-7,10-11,13H,8-9,12H2,1-3H3. The van der Waals surface area contributed by atoms with Gasteiger partial charge in [0.2, 0.25) is 11.6 Å². The molecule has 3 aromatic rings. The summed E-state index contributed by atoms with van der Waals surface area (Å²) in [5.41, 5.74) is 2.34. The Morgan fingerprint density at radius 2 is 1.90 bits per heavy atom. The Hall–Kier alpha value is -3.55. The monoisotopic (exact) mass is 410 g/mol. The first-order valence-corrected chi connectivity index (χ1v) is 9.63. The van der Waals surface area contributed by atoms with Crippen molar-refractivity contribution in [2.75, 3.05) is 20.3 Å². The van der Waals surface area contributed by atoms with Gasteiger partial charge in [-0.25, -0.2) is 4.79 Å². The Morgan fingerprint density at radius 3 is 2.63 bits per heavy atom. The molecular weight excluding hydrogens is 388 g/mol. The molecule has 0 radical (unpaired) electrons. The SMILES string of the molecule is COc1cc(C(=O)OCc2nc(-c3ccc(C(C)C)cc3)no2)cc2c1OCCO2. The number of aromatic nitrogens is 2. The van der Waals surface area contributed by atoms with E-state index < -0.39 is 5.97 Å². The Morgan fingerprint density at radius 1 is 1.13 bits per heavy atom. The zero-order valence-corrected chi connectivity index (χ0v) is 17.0. The molecule has 0 unspecified atom stereocenters. The zero-order chi connectivity index (χ0) is 21.1. The lowest BCUT2D eigenvalue weighted by Gasteiger charge is -2.21. The van der Waals surface area contributed by atoms with E-state index in [9.17, 15) is 4.79 Å². The minimum Gasteiger partial charge on any atom is -0.493 e. The first kappa shape index (κ1) is 19.8. The summed E-state index contributed by atoms with van der Waals surface area (Å²) in [6.07, 6.45) is 0. The van der Waals surface area contributed by atoms with Crippen molar-refractivity contribution < 1.29 is 28.3 Å². The summed E-state index contributed by atoms with van der Waals surface area (Å²) in [6, 6.07) is 11.1. The molecule has 0 bridgehead atoms. The van der Waals surface area contributed by atoms with Crippen molar-refractivity contribution in [3.05, 3.63) is 53.4 Å². The summed E-state index contributed by atoms with van der Waals surface area (Å²) in [7, 11) is 1.50. The predicted molar refractivity (Wildman–Crippen MR) is 107 cm³/mol. The smallest absolute Gasteiger partial charge is 0.338 e. The van der Waals surface area contributed by atoms with Gasteiger partial charge in [0.1, 0.15) is 13.2 Å². The molecule has 0 saturated heterocycles. The highest BCUT2D eigenvalue weighted by atomic mass is 16.6. The Bertz CT molecular complexity index is 1030. The normalized spacial score (nSPS) is 12.7. The number of carbonyl (C=O) groups is 1. The van der Waals surface area contributed by atoms with Gasteiger partial charge in [0.25, 0.3) is 5.89 Å². The van der Waals surface area contributed by atoms with Gasteiger partial charge in [0.15, 0.2) is 18.1 Å². The molecule has 156 valence electrons. The lowest BCUT2D eigenvalue weighted by Crippen LogP contribution is -2.17. The minimum absolute atomic E-state index is 0.146. The van der Waals surface area contributed by atoms with E-state index in [1.165, 1.54) is 12.7 Å². The number of hydrogen-bond acceptors (Lipinski definition) is 8. The van der Waals surface area contributed by atoms with Crippen LogP contribution >= 0.6 is 0 Å². The lowest BCUT2D eigenvalue weighted by atomic mass is 10.0. The van der Waals surface area contributed by atoms with Crippen molar-refractivity contribution in [2.24, 2.45) is 0 Å². The van der Waals surface area contributed by atoms with Crippen LogP contribution in [0.25, 0.3) is 11.4 Å². The Labute approximate surface area is 173 Å². The molecule has 30 heavy (non-hydrogen) atoms. The third-order valence-corrected chi connectivity index (χ3v) is 4.69. The summed E-state index contributed by atoms with van der Waals surface area (Å²) in [5.74, 6) is 1.85. The van der Waals surface area contributed by atoms with Crippen molar-refractivity contribution >= 4 is 5.97 Å². The van der Waals surface area contributed by atoms with Crippen LogP contribution in [-0.4, -0.2) is 36.4 Å². The average molecular weight is 410 g/mol. The van der Waals surface area contributed by atoms with Gasteiger partial charge in [0.05, 0.1) is 12.7 Å². The van der Waals surface area contributed by atoms with Crippen molar-refractivity contribution in [3.63, 3.8) is 0 Å². The Kier molecular flexibility index (Phi) is 5.56. The number of methoxy groups -OCH3 is 1. The molecule has 2 aromatic carbocycles. The van der Waals surface area contributed by atoms with E-state index in [0.717, 1.165) is 5.56 Å². The van der Waals surface area contributed by atoms with Crippen LogP contribution in [0.4, 0.5) is 0 Å². The number of hydrogen-bond donors (Lipinski definition) is 0. The molecule has 0 amide bonds. The number of carbonyl (C=O) groups excluding carboxylic acids is 1. The van der Waals surface area contributed by atoms with E-state index in [2.05, 4.69) is 24.0 Å². The fourth-order valence-electron chi connectivity index (χ4n) is 3.05. The maximum atomic E-state index is 12.5. The van der Waals surface area contributed by atoms with Gasteiger partial charge >= 0.3 is 5.97 Å². The van der Waals surface area contributed by atoms with Crippen LogP contribution in [0, 0.1) is 0 Å². The molecule has 1 aliphatic rings. The van der Waals surface area contributed by atoms with Gasteiger partial charge in [-0.2, -0.15) is 4.98 Å². The maximum absolute atomic E-state index is 12.5. The fourth-order valence-corrected chi connectivity index (χ4v) is 3.05. The third-order valence-electron chi connectivity index (χ3n) is 4.69. The van der Waals surface area contributed by atoms with Crippen LogP contribution in [0.2, 0.25) is 0 Å². The number of fused-ring (bicyclic) bond motifs is 1. The van der Waals surface area contributed by atoms with E-state index in [1.54, 1.807) is 12.1 Å². The van der Waals surface area contributed by atoms with Crippen LogP contribution in [-0.2, 0) is 11.3 Å². The second-order valence-electron chi connectivity index (χ2n) is 7.07. The summed E-state index contributed by atoms with van der Waals surface area (Å²) >= 11 is 0. The van der Waals surface area contributed by atoms with E-state index in [1.807, 2.05) is 24.3 Å². The van der Waals surface area contributed by atoms with Crippen LogP contribution in [0.15, 0.2) is 40.9 Å².